The van der Waals surface area contributed by atoms with E-state index < -0.39 is 0 Å². The van der Waals surface area contributed by atoms with Gasteiger partial charge in [0, 0.05) is 31.6 Å². The largest absolute Gasteiger partial charge is 0.484 e. The number of hydrogen-bond acceptors (Lipinski definition) is 4. The van der Waals surface area contributed by atoms with Gasteiger partial charge in [0.1, 0.15) is 5.75 Å². The molecule has 3 rings (SSSR count). The Bertz CT molecular complexity index is 748. The highest BCUT2D eigenvalue weighted by atomic mass is 16.5. The minimum absolute atomic E-state index is 0.00664. The van der Waals surface area contributed by atoms with E-state index in [2.05, 4.69) is 24.1 Å². The first-order valence-corrected chi connectivity index (χ1v) is 9.95. The first kappa shape index (κ1) is 20.2. The molecule has 28 heavy (non-hydrogen) atoms. The van der Waals surface area contributed by atoms with Crippen LogP contribution >= 0.6 is 0 Å². The van der Waals surface area contributed by atoms with E-state index in [1.165, 1.54) is 11.3 Å². The van der Waals surface area contributed by atoms with Crippen LogP contribution in [0.5, 0.6) is 5.75 Å². The molecule has 0 aromatic heterocycles. The van der Waals surface area contributed by atoms with Gasteiger partial charge in [-0.15, -0.1) is 0 Å². The number of hydrogen-bond donors (Lipinski definition) is 1. The Morgan fingerprint density at radius 2 is 1.71 bits per heavy atom. The van der Waals surface area contributed by atoms with Gasteiger partial charge in [-0.05, 0) is 60.7 Å². The van der Waals surface area contributed by atoms with Crippen LogP contribution in [0.2, 0.25) is 0 Å². The number of anilines is 2. The second-order valence-electron chi connectivity index (χ2n) is 7.53. The van der Waals surface area contributed by atoms with E-state index in [9.17, 15) is 4.79 Å². The smallest absolute Gasteiger partial charge is 0.262 e. The third-order valence-electron chi connectivity index (χ3n) is 5.21. The Morgan fingerprint density at radius 1 is 1.07 bits per heavy atom. The maximum absolute atomic E-state index is 12.2. The first-order chi connectivity index (χ1) is 13.5. The van der Waals surface area contributed by atoms with Crippen LogP contribution in [0, 0.1) is 0 Å². The van der Waals surface area contributed by atoms with E-state index >= 15 is 0 Å². The fraction of sp³-hybridized carbons (Fsp3) is 0.435. The van der Waals surface area contributed by atoms with Crippen molar-refractivity contribution in [1.82, 2.24) is 0 Å². The van der Waals surface area contributed by atoms with Gasteiger partial charge >= 0.3 is 0 Å². The summed E-state index contributed by atoms with van der Waals surface area (Å²) in [4.78, 5) is 14.5. The van der Waals surface area contributed by atoms with Crippen molar-refractivity contribution in [2.24, 2.45) is 0 Å². The van der Waals surface area contributed by atoms with Gasteiger partial charge in [0.05, 0.1) is 6.10 Å². The number of nitrogens with one attached hydrogen (secondary N) is 1. The zero-order chi connectivity index (χ0) is 19.9. The number of rotatable bonds is 7. The Kier molecular flexibility index (Phi) is 6.93. The van der Waals surface area contributed by atoms with Crippen LogP contribution in [0.1, 0.15) is 38.2 Å². The number of carbonyl (C=O) groups is 1. The van der Waals surface area contributed by atoms with E-state index in [1.54, 1.807) is 7.11 Å². The van der Waals surface area contributed by atoms with Crippen LogP contribution in [0.15, 0.2) is 48.5 Å². The van der Waals surface area contributed by atoms with Crippen molar-refractivity contribution in [2.45, 2.75) is 38.7 Å². The van der Waals surface area contributed by atoms with Crippen LogP contribution in [0.4, 0.5) is 11.4 Å². The van der Waals surface area contributed by atoms with Crippen molar-refractivity contribution in [3.8, 4) is 5.75 Å². The molecule has 1 aliphatic rings. The standard InChI is InChI=1S/C23H30N2O3/c1-17(2)18-4-10-22(11-5-18)28-16-23(26)24-19-6-8-20(9-7-19)25-14-12-21(27-3)13-15-25/h4-11,17,21H,12-16H2,1-3H3,(H,24,26). The molecule has 0 unspecified atom stereocenters. The van der Waals surface area contributed by atoms with Gasteiger partial charge in [0.25, 0.3) is 5.91 Å². The fourth-order valence-corrected chi connectivity index (χ4v) is 3.40. The molecule has 1 amide bonds. The summed E-state index contributed by atoms with van der Waals surface area (Å²) in [5.41, 5.74) is 3.21. The Labute approximate surface area is 167 Å². The minimum atomic E-state index is -0.165. The summed E-state index contributed by atoms with van der Waals surface area (Å²) in [7, 11) is 1.78. The highest BCUT2D eigenvalue weighted by Crippen LogP contribution is 2.23. The summed E-state index contributed by atoms with van der Waals surface area (Å²) in [6.45, 7) is 6.28. The number of carbonyl (C=O) groups excluding carboxylic acids is 1. The molecular formula is C23H30N2O3. The Balaban J connectivity index is 1.46. The van der Waals surface area contributed by atoms with Crippen LogP contribution < -0.4 is 15.0 Å². The quantitative estimate of drug-likeness (QED) is 0.769. The Morgan fingerprint density at radius 3 is 2.29 bits per heavy atom. The molecule has 0 radical (unpaired) electrons. The van der Waals surface area contributed by atoms with Crippen LogP contribution in [-0.2, 0) is 9.53 Å². The lowest BCUT2D eigenvalue weighted by Gasteiger charge is -2.33. The predicted molar refractivity (Wildman–Crippen MR) is 113 cm³/mol. The molecule has 2 aromatic rings. The number of ether oxygens (including phenoxy) is 2. The van der Waals surface area contributed by atoms with Gasteiger partial charge in [-0.3, -0.25) is 4.79 Å². The second-order valence-corrected chi connectivity index (χ2v) is 7.53. The van der Waals surface area contributed by atoms with Gasteiger partial charge in [0.15, 0.2) is 6.61 Å². The van der Waals surface area contributed by atoms with Crippen LogP contribution in [-0.4, -0.2) is 38.8 Å². The van der Waals surface area contributed by atoms with Crippen molar-refractivity contribution >= 4 is 17.3 Å². The molecule has 150 valence electrons. The van der Waals surface area contributed by atoms with E-state index in [4.69, 9.17) is 9.47 Å². The molecule has 0 bridgehead atoms. The highest BCUT2D eigenvalue weighted by Gasteiger charge is 2.18. The summed E-state index contributed by atoms with van der Waals surface area (Å²) in [5.74, 6) is 1.02. The van der Waals surface area contributed by atoms with Crippen LogP contribution in [0.25, 0.3) is 0 Å². The average molecular weight is 383 g/mol. The first-order valence-electron chi connectivity index (χ1n) is 9.95. The molecule has 0 atom stereocenters. The monoisotopic (exact) mass is 382 g/mol. The fourth-order valence-electron chi connectivity index (χ4n) is 3.40. The molecule has 1 heterocycles. The van der Waals surface area contributed by atoms with E-state index in [1.807, 2.05) is 48.5 Å². The lowest BCUT2D eigenvalue weighted by Crippen LogP contribution is -2.36. The maximum Gasteiger partial charge on any atom is 0.262 e. The zero-order valence-corrected chi connectivity index (χ0v) is 17.0. The summed E-state index contributed by atoms with van der Waals surface area (Å²) in [6.07, 6.45) is 2.46. The lowest BCUT2D eigenvalue weighted by molar-refractivity contribution is -0.118. The van der Waals surface area contributed by atoms with Crippen molar-refractivity contribution in [3.63, 3.8) is 0 Å². The second kappa shape index (κ2) is 9.60. The van der Waals surface area contributed by atoms with Crippen molar-refractivity contribution in [2.75, 3.05) is 37.0 Å². The summed E-state index contributed by atoms with van der Waals surface area (Å²) >= 11 is 0. The SMILES string of the molecule is COC1CCN(c2ccc(NC(=O)COc3ccc(C(C)C)cc3)cc2)CC1. The van der Waals surface area contributed by atoms with Crippen molar-refractivity contribution in [1.29, 1.82) is 0 Å². The molecule has 0 saturated carbocycles. The number of amides is 1. The molecule has 1 fully saturated rings. The van der Waals surface area contributed by atoms with Gasteiger partial charge in [-0.2, -0.15) is 0 Å². The molecule has 5 heteroatoms. The number of nitrogens with zero attached hydrogens (tertiary/aromatic N) is 1. The lowest BCUT2D eigenvalue weighted by atomic mass is 10.0. The normalized spacial score (nSPS) is 14.9. The van der Waals surface area contributed by atoms with Crippen molar-refractivity contribution < 1.29 is 14.3 Å². The molecule has 2 aromatic carbocycles. The minimum Gasteiger partial charge on any atom is -0.484 e. The van der Waals surface area contributed by atoms with Crippen molar-refractivity contribution in [3.05, 3.63) is 54.1 Å². The molecule has 0 aliphatic carbocycles. The number of benzene rings is 2. The summed E-state index contributed by atoms with van der Waals surface area (Å²) in [5, 5.41) is 2.89. The van der Waals surface area contributed by atoms with Gasteiger partial charge in [0.2, 0.25) is 0 Å². The van der Waals surface area contributed by atoms with E-state index in [0.717, 1.165) is 31.6 Å². The third kappa shape index (κ3) is 5.49. The zero-order valence-electron chi connectivity index (χ0n) is 17.0. The number of methoxy groups -OCH3 is 1. The van der Waals surface area contributed by atoms with E-state index in [-0.39, 0.29) is 12.5 Å². The maximum atomic E-state index is 12.2. The highest BCUT2D eigenvalue weighted by molar-refractivity contribution is 5.92. The summed E-state index contributed by atoms with van der Waals surface area (Å²) < 4.78 is 11.0. The molecular weight excluding hydrogens is 352 g/mol. The Hall–Kier alpha value is -2.53. The summed E-state index contributed by atoms with van der Waals surface area (Å²) in [6, 6.07) is 15.9. The predicted octanol–water partition coefficient (Wildman–Crippen LogP) is 4.44. The average Bonchev–Trinajstić information content (AvgIpc) is 2.73. The number of piperidine rings is 1. The van der Waals surface area contributed by atoms with Crippen LogP contribution in [0.3, 0.4) is 0 Å². The molecule has 5 nitrogen and oxygen atoms in total. The van der Waals surface area contributed by atoms with E-state index in [0.29, 0.717) is 17.8 Å². The van der Waals surface area contributed by atoms with Gasteiger partial charge in [-0.1, -0.05) is 26.0 Å². The molecule has 1 aliphatic heterocycles. The van der Waals surface area contributed by atoms with Gasteiger partial charge < -0.3 is 19.7 Å². The molecule has 1 saturated heterocycles. The molecule has 1 N–H and O–H groups in total. The third-order valence-corrected chi connectivity index (χ3v) is 5.21. The molecule has 0 spiro atoms. The van der Waals surface area contributed by atoms with Gasteiger partial charge in [-0.25, -0.2) is 0 Å². The topological polar surface area (TPSA) is 50.8 Å².